The maximum atomic E-state index is 12.4. The number of nitrogens with one attached hydrogen (secondary N) is 1. The van der Waals surface area contributed by atoms with E-state index in [1.807, 2.05) is 6.92 Å². The number of carbonyl (C=O) groups excluding carboxylic acids is 1. The minimum atomic E-state index is -0.522. The lowest BCUT2D eigenvalue weighted by Crippen LogP contribution is -2.12. The Morgan fingerprint density at radius 2 is 2.08 bits per heavy atom. The van der Waals surface area contributed by atoms with Gasteiger partial charge in [0.05, 0.1) is 23.1 Å². The summed E-state index contributed by atoms with van der Waals surface area (Å²) in [5.41, 5.74) is 0.560. The molecule has 8 heteroatoms. The van der Waals surface area contributed by atoms with Crippen molar-refractivity contribution in [1.82, 2.24) is 0 Å². The van der Waals surface area contributed by atoms with E-state index in [1.54, 1.807) is 18.2 Å². The molecule has 2 aromatic rings. The number of nitro benzene ring substituents is 1. The number of hydrogen-bond donors (Lipinski definition) is 1. The Labute approximate surface area is 146 Å². The smallest absolute Gasteiger partial charge is 0.271 e. The molecule has 0 heterocycles. The predicted molar refractivity (Wildman–Crippen MR) is 92.9 cm³/mol. The van der Waals surface area contributed by atoms with Gasteiger partial charge in [-0.2, -0.15) is 0 Å². The molecular formula is C16H15BrN2O5. The van der Waals surface area contributed by atoms with Crippen molar-refractivity contribution >= 4 is 33.2 Å². The van der Waals surface area contributed by atoms with E-state index in [4.69, 9.17) is 9.47 Å². The predicted octanol–water partition coefficient (Wildman–Crippen LogP) is 4.02. The Kier molecular flexibility index (Phi) is 5.75. The first-order valence-corrected chi connectivity index (χ1v) is 7.81. The van der Waals surface area contributed by atoms with Crippen molar-refractivity contribution in [1.29, 1.82) is 0 Å². The average molecular weight is 395 g/mol. The first-order valence-electron chi connectivity index (χ1n) is 7.02. The highest BCUT2D eigenvalue weighted by molar-refractivity contribution is 9.10. The third-order valence-corrected chi connectivity index (χ3v) is 3.68. The molecule has 0 saturated heterocycles. The van der Waals surface area contributed by atoms with E-state index in [0.29, 0.717) is 33.8 Å². The highest BCUT2D eigenvalue weighted by atomic mass is 79.9. The lowest BCUT2D eigenvalue weighted by molar-refractivity contribution is -0.384. The zero-order valence-electron chi connectivity index (χ0n) is 13.0. The van der Waals surface area contributed by atoms with Crippen LogP contribution in [-0.2, 0) is 0 Å². The van der Waals surface area contributed by atoms with Crippen LogP contribution in [0.15, 0.2) is 40.9 Å². The molecule has 0 radical (unpaired) electrons. The van der Waals surface area contributed by atoms with Gasteiger partial charge in [0.25, 0.3) is 11.6 Å². The van der Waals surface area contributed by atoms with Crippen molar-refractivity contribution in [3.63, 3.8) is 0 Å². The Morgan fingerprint density at radius 1 is 1.33 bits per heavy atom. The number of nitro groups is 1. The van der Waals surface area contributed by atoms with Gasteiger partial charge in [-0.05, 0) is 41.1 Å². The summed E-state index contributed by atoms with van der Waals surface area (Å²) in [4.78, 5) is 22.7. The second-order valence-corrected chi connectivity index (χ2v) is 5.54. The fourth-order valence-electron chi connectivity index (χ4n) is 2.04. The van der Waals surface area contributed by atoms with Crippen LogP contribution < -0.4 is 14.8 Å². The molecule has 0 aliphatic rings. The molecule has 126 valence electrons. The van der Waals surface area contributed by atoms with Crippen LogP contribution in [0, 0.1) is 10.1 Å². The number of non-ortho nitro benzene ring substituents is 1. The molecule has 0 unspecified atom stereocenters. The van der Waals surface area contributed by atoms with Crippen LogP contribution in [0.4, 0.5) is 11.4 Å². The summed E-state index contributed by atoms with van der Waals surface area (Å²) in [7, 11) is 1.48. The quantitative estimate of drug-likeness (QED) is 0.590. The van der Waals surface area contributed by atoms with Gasteiger partial charge in [-0.15, -0.1) is 0 Å². The van der Waals surface area contributed by atoms with E-state index >= 15 is 0 Å². The molecule has 0 atom stereocenters. The zero-order valence-corrected chi connectivity index (χ0v) is 14.6. The molecule has 0 spiro atoms. The van der Waals surface area contributed by atoms with Crippen molar-refractivity contribution < 1.29 is 19.2 Å². The molecule has 0 fully saturated rings. The van der Waals surface area contributed by atoms with Gasteiger partial charge < -0.3 is 14.8 Å². The minimum Gasteiger partial charge on any atom is -0.493 e. The molecule has 1 N–H and O–H groups in total. The van der Waals surface area contributed by atoms with Crippen molar-refractivity contribution in [2.45, 2.75) is 6.92 Å². The van der Waals surface area contributed by atoms with Gasteiger partial charge >= 0.3 is 0 Å². The van der Waals surface area contributed by atoms with Crippen LogP contribution in [-0.4, -0.2) is 24.5 Å². The summed E-state index contributed by atoms with van der Waals surface area (Å²) in [5, 5.41) is 13.4. The number of ether oxygens (including phenoxy) is 2. The third-order valence-electron chi connectivity index (χ3n) is 3.10. The Balaban J connectivity index is 2.28. The number of carbonyl (C=O) groups is 1. The van der Waals surface area contributed by atoms with E-state index < -0.39 is 10.8 Å². The van der Waals surface area contributed by atoms with Gasteiger partial charge in [-0.1, -0.05) is 6.07 Å². The second-order valence-electron chi connectivity index (χ2n) is 4.68. The number of halogens is 1. The monoisotopic (exact) mass is 394 g/mol. The topological polar surface area (TPSA) is 90.7 Å². The SMILES string of the molecule is CCOc1c(Br)cc(C(=O)Nc2cccc([N+](=O)[O-])c2)cc1OC. The number of nitrogens with zero attached hydrogens (tertiary/aromatic N) is 1. The zero-order chi connectivity index (χ0) is 17.7. The van der Waals surface area contributed by atoms with Crippen LogP contribution in [0.5, 0.6) is 11.5 Å². The first-order chi connectivity index (χ1) is 11.5. The van der Waals surface area contributed by atoms with E-state index in [9.17, 15) is 14.9 Å². The number of benzene rings is 2. The normalized spacial score (nSPS) is 10.1. The molecule has 2 aromatic carbocycles. The largest absolute Gasteiger partial charge is 0.493 e. The van der Waals surface area contributed by atoms with E-state index in [2.05, 4.69) is 21.2 Å². The Hall–Kier alpha value is -2.61. The molecule has 1 amide bonds. The van der Waals surface area contributed by atoms with Crippen LogP contribution in [0.3, 0.4) is 0 Å². The van der Waals surface area contributed by atoms with E-state index in [0.717, 1.165) is 0 Å². The minimum absolute atomic E-state index is 0.0988. The number of methoxy groups -OCH3 is 1. The number of amides is 1. The molecular weight excluding hydrogens is 380 g/mol. The second kappa shape index (κ2) is 7.78. The van der Waals surface area contributed by atoms with Crippen molar-refractivity contribution in [3.8, 4) is 11.5 Å². The van der Waals surface area contributed by atoms with Gasteiger partial charge in [-0.25, -0.2) is 0 Å². The number of rotatable bonds is 6. The van der Waals surface area contributed by atoms with Crippen molar-refractivity contribution in [3.05, 3.63) is 56.5 Å². The van der Waals surface area contributed by atoms with Gasteiger partial charge in [0, 0.05) is 23.4 Å². The van der Waals surface area contributed by atoms with Crippen molar-refractivity contribution in [2.75, 3.05) is 19.0 Å². The van der Waals surface area contributed by atoms with Crippen LogP contribution in [0.1, 0.15) is 17.3 Å². The van der Waals surface area contributed by atoms with Crippen LogP contribution >= 0.6 is 15.9 Å². The number of anilines is 1. The molecule has 7 nitrogen and oxygen atoms in total. The highest BCUT2D eigenvalue weighted by Gasteiger charge is 2.16. The third kappa shape index (κ3) is 4.02. The van der Waals surface area contributed by atoms with Gasteiger partial charge in [0.1, 0.15) is 0 Å². The molecule has 0 aromatic heterocycles. The van der Waals surface area contributed by atoms with Crippen LogP contribution in [0.25, 0.3) is 0 Å². The fourth-order valence-corrected chi connectivity index (χ4v) is 2.59. The fraction of sp³-hybridized carbons (Fsp3) is 0.188. The Bertz CT molecular complexity index is 779. The first kappa shape index (κ1) is 17.7. The summed E-state index contributed by atoms with van der Waals surface area (Å²) in [5.74, 6) is 0.500. The average Bonchev–Trinajstić information content (AvgIpc) is 2.56. The molecule has 0 aliphatic carbocycles. The van der Waals surface area contributed by atoms with Gasteiger partial charge in [0.15, 0.2) is 11.5 Å². The summed E-state index contributed by atoms with van der Waals surface area (Å²) in [6.07, 6.45) is 0. The molecule has 0 aliphatic heterocycles. The lowest BCUT2D eigenvalue weighted by Gasteiger charge is -2.13. The van der Waals surface area contributed by atoms with Crippen LogP contribution in [0.2, 0.25) is 0 Å². The standard InChI is InChI=1S/C16H15BrN2O5/c1-3-24-15-13(17)7-10(8-14(15)23-2)16(20)18-11-5-4-6-12(9-11)19(21)22/h4-9H,3H2,1-2H3,(H,18,20). The summed E-state index contributed by atoms with van der Waals surface area (Å²) < 4.78 is 11.3. The lowest BCUT2D eigenvalue weighted by atomic mass is 10.1. The maximum Gasteiger partial charge on any atom is 0.271 e. The van der Waals surface area contributed by atoms with E-state index in [1.165, 1.54) is 25.3 Å². The van der Waals surface area contributed by atoms with E-state index in [-0.39, 0.29) is 5.69 Å². The van der Waals surface area contributed by atoms with Crippen molar-refractivity contribution in [2.24, 2.45) is 0 Å². The summed E-state index contributed by atoms with van der Waals surface area (Å²) >= 11 is 3.35. The van der Waals surface area contributed by atoms with Gasteiger partial charge in [-0.3, -0.25) is 14.9 Å². The number of hydrogen-bond acceptors (Lipinski definition) is 5. The molecule has 2 rings (SSSR count). The maximum absolute atomic E-state index is 12.4. The molecule has 0 saturated carbocycles. The summed E-state index contributed by atoms with van der Waals surface area (Å²) in [6, 6.07) is 8.86. The summed E-state index contributed by atoms with van der Waals surface area (Å²) in [6.45, 7) is 2.29. The Morgan fingerprint density at radius 3 is 2.71 bits per heavy atom. The van der Waals surface area contributed by atoms with Gasteiger partial charge in [0.2, 0.25) is 0 Å². The molecule has 24 heavy (non-hydrogen) atoms. The highest BCUT2D eigenvalue weighted by Crippen LogP contribution is 2.36. The molecule has 0 bridgehead atoms.